The third-order valence-electron chi connectivity index (χ3n) is 5.15. The van der Waals surface area contributed by atoms with Crippen LogP contribution in [-0.4, -0.2) is 44.3 Å². The fourth-order valence-corrected chi connectivity index (χ4v) is 3.42. The molecule has 1 atom stereocenters. The van der Waals surface area contributed by atoms with Crippen LogP contribution in [0.2, 0.25) is 0 Å². The summed E-state index contributed by atoms with van der Waals surface area (Å²) < 4.78 is 10.7. The van der Waals surface area contributed by atoms with Crippen LogP contribution in [0, 0.1) is 0 Å². The number of hydrogen-bond donors (Lipinski definition) is 1. The van der Waals surface area contributed by atoms with Gasteiger partial charge in [-0.3, -0.25) is 4.79 Å². The van der Waals surface area contributed by atoms with Crippen molar-refractivity contribution in [3.05, 3.63) is 72.3 Å². The number of amides is 1. The fraction of sp³-hybridized carbons (Fsp3) is 0.250. The Balaban J connectivity index is 1.35. The number of carbonyl (C=O) groups is 2. The van der Waals surface area contributed by atoms with Crippen molar-refractivity contribution in [1.82, 2.24) is 0 Å². The lowest BCUT2D eigenvalue weighted by Gasteiger charge is -2.28. The van der Waals surface area contributed by atoms with Gasteiger partial charge in [0.15, 0.2) is 6.10 Å². The molecule has 3 aromatic rings. The monoisotopic (exact) mass is 404 g/mol. The van der Waals surface area contributed by atoms with Crippen LogP contribution >= 0.6 is 0 Å². The first-order valence-electron chi connectivity index (χ1n) is 10.0. The SMILES string of the molecule is CC(OC(=O)c1ccc2ccccc2c1)C(=O)Nc1ccc(N2CCOCC2)cc1. The summed E-state index contributed by atoms with van der Waals surface area (Å²) >= 11 is 0. The summed E-state index contributed by atoms with van der Waals surface area (Å²) in [4.78, 5) is 27.2. The molecule has 1 aliphatic rings. The predicted molar refractivity (Wildman–Crippen MR) is 117 cm³/mol. The van der Waals surface area contributed by atoms with Crippen LogP contribution in [-0.2, 0) is 14.3 Å². The van der Waals surface area contributed by atoms with Crippen LogP contribution in [0.5, 0.6) is 0 Å². The summed E-state index contributed by atoms with van der Waals surface area (Å²) in [7, 11) is 0. The number of benzene rings is 3. The van der Waals surface area contributed by atoms with Crippen molar-refractivity contribution < 1.29 is 19.1 Å². The van der Waals surface area contributed by atoms with Crippen molar-refractivity contribution in [1.29, 1.82) is 0 Å². The minimum atomic E-state index is -0.914. The summed E-state index contributed by atoms with van der Waals surface area (Å²) in [5.41, 5.74) is 2.17. The molecular formula is C24H24N2O4. The normalized spacial score (nSPS) is 14.9. The predicted octanol–water partition coefficient (Wildman–Crippen LogP) is 3.86. The molecule has 6 heteroatoms. The van der Waals surface area contributed by atoms with Crippen LogP contribution in [0.1, 0.15) is 17.3 Å². The average Bonchev–Trinajstić information content (AvgIpc) is 2.79. The van der Waals surface area contributed by atoms with Gasteiger partial charge < -0.3 is 19.7 Å². The molecule has 1 heterocycles. The van der Waals surface area contributed by atoms with Crippen molar-refractivity contribution in [2.45, 2.75) is 13.0 Å². The first kappa shape index (κ1) is 19.9. The van der Waals surface area contributed by atoms with E-state index in [1.807, 2.05) is 54.6 Å². The Morgan fingerprint density at radius 3 is 2.40 bits per heavy atom. The number of rotatable bonds is 5. The van der Waals surface area contributed by atoms with Crippen molar-refractivity contribution >= 4 is 34.0 Å². The van der Waals surface area contributed by atoms with E-state index in [4.69, 9.17) is 9.47 Å². The summed E-state index contributed by atoms with van der Waals surface area (Å²) in [5.74, 6) is -0.894. The van der Waals surface area contributed by atoms with Gasteiger partial charge in [-0.1, -0.05) is 30.3 Å². The first-order valence-corrected chi connectivity index (χ1v) is 10.0. The molecule has 1 aliphatic heterocycles. The number of carbonyl (C=O) groups excluding carboxylic acids is 2. The van der Waals surface area contributed by atoms with E-state index in [1.165, 1.54) is 0 Å². The number of fused-ring (bicyclic) bond motifs is 1. The van der Waals surface area contributed by atoms with E-state index in [9.17, 15) is 9.59 Å². The first-order chi connectivity index (χ1) is 14.6. The molecule has 1 N–H and O–H groups in total. The van der Waals surface area contributed by atoms with Gasteiger partial charge in [-0.05, 0) is 54.1 Å². The van der Waals surface area contributed by atoms with Gasteiger partial charge in [0, 0.05) is 24.5 Å². The molecule has 0 aromatic heterocycles. The second-order valence-electron chi connectivity index (χ2n) is 7.25. The van der Waals surface area contributed by atoms with Gasteiger partial charge in [0.1, 0.15) is 0 Å². The minimum Gasteiger partial charge on any atom is -0.449 e. The highest BCUT2D eigenvalue weighted by Crippen LogP contribution is 2.20. The van der Waals surface area contributed by atoms with Crippen LogP contribution in [0.15, 0.2) is 66.7 Å². The summed E-state index contributed by atoms with van der Waals surface area (Å²) in [6, 6.07) is 20.7. The largest absolute Gasteiger partial charge is 0.449 e. The molecule has 1 amide bonds. The number of nitrogens with zero attached hydrogens (tertiary/aromatic N) is 1. The van der Waals surface area contributed by atoms with E-state index < -0.39 is 12.1 Å². The molecule has 30 heavy (non-hydrogen) atoms. The molecular weight excluding hydrogens is 380 g/mol. The molecule has 1 fully saturated rings. The van der Waals surface area contributed by atoms with E-state index >= 15 is 0 Å². The molecule has 4 rings (SSSR count). The Kier molecular flexibility index (Phi) is 5.95. The Morgan fingerprint density at radius 2 is 1.67 bits per heavy atom. The molecule has 154 valence electrons. The number of hydrogen-bond acceptors (Lipinski definition) is 5. The maximum Gasteiger partial charge on any atom is 0.338 e. The second kappa shape index (κ2) is 8.97. The standard InChI is InChI=1S/C24H24N2O4/c1-17(30-24(28)20-7-6-18-4-2-3-5-19(18)16-20)23(27)25-21-8-10-22(11-9-21)26-12-14-29-15-13-26/h2-11,16-17H,12-15H2,1H3,(H,25,27). The lowest BCUT2D eigenvalue weighted by atomic mass is 10.1. The van der Waals surface area contributed by atoms with Gasteiger partial charge in [-0.25, -0.2) is 4.79 Å². The van der Waals surface area contributed by atoms with Crippen LogP contribution in [0.3, 0.4) is 0 Å². The maximum atomic E-state index is 12.5. The molecule has 1 saturated heterocycles. The highest BCUT2D eigenvalue weighted by Gasteiger charge is 2.19. The number of morpholine rings is 1. The molecule has 0 spiro atoms. The molecule has 0 saturated carbocycles. The van der Waals surface area contributed by atoms with Gasteiger partial charge >= 0.3 is 5.97 Å². The van der Waals surface area contributed by atoms with Gasteiger partial charge in [-0.2, -0.15) is 0 Å². The van der Waals surface area contributed by atoms with E-state index in [0.29, 0.717) is 11.3 Å². The Morgan fingerprint density at radius 1 is 0.967 bits per heavy atom. The highest BCUT2D eigenvalue weighted by molar-refractivity contribution is 5.99. The third kappa shape index (κ3) is 4.60. The molecule has 3 aromatic carbocycles. The minimum absolute atomic E-state index is 0.372. The van der Waals surface area contributed by atoms with Crippen molar-refractivity contribution in [3.63, 3.8) is 0 Å². The Bertz CT molecular complexity index is 1040. The topological polar surface area (TPSA) is 67.9 Å². The number of anilines is 2. The van der Waals surface area contributed by atoms with Crippen molar-refractivity contribution in [2.75, 3.05) is 36.5 Å². The Labute approximate surface area is 175 Å². The molecule has 0 bridgehead atoms. The number of ether oxygens (including phenoxy) is 2. The van der Waals surface area contributed by atoms with E-state index in [0.717, 1.165) is 42.8 Å². The molecule has 0 radical (unpaired) electrons. The van der Waals surface area contributed by atoms with Gasteiger partial charge in [-0.15, -0.1) is 0 Å². The zero-order valence-electron chi connectivity index (χ0n) is 16.8. The quantitative estimate of drug-likeness (QED) is 0.654. The Hall–Kier alpha value is -3.38. The number of esters is 1. The van der Waals surface area contributed by atoms with E-state index in [2.05, 4.69) is 10.2 Å². The summed E-state index contributed by atoms with van der Waals surface area (Å²) in [6.45, 7) is 4.72. The lowest BCUT2D eigenvalue weighted by molar-refractivity contribution is -0.123. The highest BCUT2D eigenvalue weighted by atomic mass is 16.5. The lowest BCUT2D eigenvalue weighted by Crippen LogP contribution is -2.36. The van der Waals surface area contributed by atoms with E-state index in [-0.39, 0.29) is 5.91 Å². The van der Waals surface area contributed by atoms with Crippen LogP contribution in [0.4, 0.5) is 11.4 Å². The summed E-state index contributed by atoms with van der Waals surface area (Å²) in [5, 5.41) is 4.79. The van der Waals surface area contributed by atoms with Crippen LogP contribution < -0.4 is 10.2 Å². The van der Waals surface area contributed by atoms with Crippen LogP contribution in [0.25, 0.3) is 10.8 Å². The van der Waals surface area contributed by atoms with Crippen molar-refractivity contribution in [2.24, 2.45) is 0 Å². The zero-order valence-corrected chi connectivity index (χ0v) is 16.8. The third-order valence-corrected chi connectivity index (χ3v) is 5.15. The summed E-state index contributed by atoms with van der Waals surface area (Å²) in [6.07, 6.45) is -0.914. The average molecular weight is 404 g/mol. The molecule has 1 unspecified atom stereocenters. The molecule has 0 aliphatic carbocycles. The maximum absolute atomic E-state index is 12.5. The van der Waals surface area contributed by atoms with E-state index in [1.54, 1.807) is 19.1 Å². The second-order valence-corrected chi connectivity index (χ2v) is 7.25. The smallest absolute Gasteiger partial charge is 0.338 e. The number of nitrogens with one attached hydrogen (secondary N) is 1. The fourth-order valence-electron chi connectivity index (χ4n) is 3.42. The van der Waals surface area contributed by atoms with Gasteiger partial charge in [0.05, 0.1) is 18.8 Å². The van der Waals surface area contributed by atoms with Gasteiger partial charge in [0.25, 0.3) is 5.91 Å². The van der Waals surface area contributed by atoms with Crippen molar-refractivity contribution in [3.8, 4) is 0 Å². The zero-order chi connectivity index (χ0) is 20.9. The molecule has 6 nitrogen and oxygen atoms in total. The van der Waals surface area contributed by atoms with Gasteiger partial charge in [0.2, 0.25) is 0 Å².